The smallest absolute Gasteiger partial charge is 0.231 e. The van der Waals surface area contributed by atoms with Crippen molar-refractivity contribution < 1.29 is 18.9 Å². The molecule has 10 heteroatoms. The van der Waals surface area contributed by atoms with Crippen molar-refractivity contribution in [2.45, 2.75) is 13.1 Å². The highest BCUT2D eigenvalue weighted by atomic mass is 33.1. The zero-order valence-corrected chi connectivity index (χ0v) is 20.8. The highest BCUT2D eigenvalue weighted by Gasteiger charge is 2.23. The molecule has 6 rings (SSSR count). The van der Waals surface area contributed by atoms with Gasteiger partial charge in [-0.15, -0.1) is 0 Å². The van der Waals surface area contributed by atoms with E-state index in [0.717, 1.165) is 88.4 Å². The third-order valence-electron chi connectivity index (χ3n) is 6.59. The van der Waals surface area contributed by atoms with Crippen LogP contribution in [0.5, 0.6) is 23.0 Å². The molecule has 0 spiro atoms. The average molecular weight is 503 g/mol. The van der Waals surface area contributed by atoms with Crippen molar-refractivity contribution in [1.82, 2.24) is 18.4 Å². The predicted molar refractivity (Wildman–Crippen MR) is 134 cm³/mol. The highest BCUT2D eigenvalue weighted by Crippen LogP contribution is 2.35. The van der Waals surface area contributed by atoms with Crippen LogP contribution in [0.2, 0.25) is 0 Å². The molecule has 2 fully saturated rings. The molecule has 0 bridgehead atoms. The van der Waals surface area contributed by atoms with E-state index in [4.69, 9.17) is 18.9 Å². The van der Waals surface area contributed by atoms with E-state index in [2.05, 4.69) is 42.7 Å². The maximum Gasteiger partial charge on any atom is 0.231 e. The van der Waals surface area contributed by atoms with Gasteiger partial charge in [-0.1, -0.05) is 12.1 Å². The summed E-state index contributed by atoms with van der Waals surface area (Å²) in [4.78, 5) is 5.04. The zero-order chi connectivity index (χ0) is 22.7. The molecule has 34 heavy (non-hydrogen) atoms. The fourth-order valence-corrected chi connectivity index (χ4v) is 6.89. The van der Waals surface area contributed by atoms with Crippen LogP contribution in [0.15, 0.2) is 36.4 Å². The van der Waals surface area contributed by atoms with E-state index in [1.54, 1.807) is 0 Å². The third-order valence-corrected chi connectivity index (χ3v) is 9.28. The van der Waals surface area contributed by atoms with Crippen LogP contribution in [-0.2, 0) is 13.1 Å². The summed E-state index contributed by atoms with van der Waals surface area (Å²) < 4.78 is 26.9. The highest BCUT2D eigenvalue weighted by molar-refractivity contribution is 8.74. The first-order valence-electron chi connectivity index (χ1n) is 11.8. The Morgan fingerprint density at radius 1 is 0.529 bits per heavy atom. The average Bonchev–Trinajstić information content (AvgIpc) is 3.53. The van der Waals surface area contributed by atoms with Gasteiger partial charge in [-0.05, 0) is 35.4 Å². The molecule has 0 unspecified atom stereocenters. The summed E-state index contributed by atoms with van der Waals surface area (Å²) in [6.45, 7) is 11.3. The lowest BCUT2D eigenvalue weighted by molar-refractivity contribution is 0.173. The van der Waals surface area contributed by atoms with Gasteiger partial charge in [0.05, 0.1) is 0 Å². The van der Waals surface area contributed by atoms with Gasteiger partial charge in [-0.25, -0.2) is 8.61 Å². The van der Waals surface area contributed by atoms with Crippen LogP contribution >= 0.6 is 22.0 Å². The van der Waals surface area contributed by atoms with Crippen molar-refractivity contribution in [3.05, 3.63) is 47.5 Å². The minimum atomic E-state index is 0.335. The van der Waals surface area contributed by atoms with Crippen LogP contribution in [0, 0.1) is 0 Å². The van der Waals surface area contributed by atoms with Crippen molar-refractivity contribution in [2.24, 2.45) is 0 Å². The fraction of sp³-hybridized carbons (Fsp3) is 0.500. The second kappa shape index (κ2) is 10.4. The van der Waals surface area contributed by atoms with Crippen LogP contribution in [-0.4, -0.2) is 84.4 Å². The number of hydrogen-bond acceptors (Lipinski definition) is 10. The van der Waals surface area contributed by atoms with Crippen molar-refractivity contribution in [3.8, 4) is 23.0 Å². The standard InChI is InChI=1S/C24H30N4O4S2/c1-3-21-23(31-17-29-21)13-19(1)15-25-5-9-27(10-6-25)33-34-28-11-7-26(8-12-28)16-20-2-4-22-24(14-20)32-18-30-22/h1-4,13-14H,5-12,15-18H2. The second-order valence-electron chi connectivity index (χ2n) is 8.93. The molecule has 4 aliphatic rings. The lowest BCUT2D eigenvalue weighted by Gasteiger charge is -2.36. The van der Waals surface area contributed by atoms with E-state index in [1.807, 2.05) is 34.1 Å². The Hall–Kier alpha value is -1.82. The number of hydrogen-bond donors (Lipinski definition) is 0. The Morgan fingerprint density at radius 3 is 1.38 bits per heavy atom. The molecule has 4 heterocycles. The fourth-order valence-electron chi connectivity index (χ4n) is 4.61. The molecule has 0 amide bonds. The quantitative estimate of drug-likeness (QED) is 0.416. The zero-order valence-electron chi connectivity index (χ0n) is 19.2. The summed E-state index contributed by atoms with van der Waals surface area (Å²) >= 11 is 0. The monoisotopic (exact) mass is 502 g/mol. The van der Waals surface area contributed by atoms with Gasteiger partial charge in [0, 0.05) is 87.4 Å². The maximum atomic E-state index is 5.51. The Bertz CT molecular complexity index is 917. The molecule has 2 aromatic carbocycles. The Labute approximate surface area is 208 Å². The number of nitrogens with zero attached hydrogens (tertiary/aromatic N) is 4. The summed E-state index contributed by atoms with van der Waals surface area (Å²) in [5, 5.41) is 0. The van der Waals surface area contributed by atoms with E-state index >= 15 is 0 Å². The van der Waals surface area contributed by atoms with Gasteiger partial charge in [0.1, 0.15) is 0 Å². The van der Waals surface area contributed by atoms with Crippen LogP contribution in [0.3, 0.4) is 0 Å². The molecule has 182 valence electrons. The van der Waals surface area contributed by atoms with Crippen molar-refractivity contribution in [2.75, 3.05) is 65.9 Å². The maximum absolute atomic E-state index is 5.51. The number of benzene rings is 2. The molecule has 4 aliphatic heterocycles. The lowest BCUT2D eigenvalue weighted by atomic mass is 10.2. The van der Waals surface area contributed by atoms with Gasteiger partial charge in [0.2, 0.25) is 13.6 Å². The van der Waals surface area contributed by atoms with Gasteiger partial charge >= 0.3 is 0 Å². The van der Waals surface area contributed by atoms with Gasteiger partial charge in [-0.3, -0.25) is 9.80 Å². The summed E-state index contributed by atoms with van der Waals surface area (Å²) in [6.07, 6.45) is 0. The normalized spacial score (nSPS) is 21.3. The predicted octanol–water partition coefficient (Wildman–Crippen LogP) is 3.29. The number of fused-ring (bicyclic) bond motifs is 2. The lowest BCUT2D eigenvalue weighted by Crippen LogP contribution is -2.44. The van der Waals surface area contributed by atoms with Gasteiger partial charge in [0.25, 0.3) is 0 Å². The van der Waals surface area contributed by atoms with Crippen molar-refractivity contribution in [1.29, 1.82) is 0 Å². The SMILES string of the molecule is c1cc2c(cc1CN1CCN(SSN3CCN(Cc4ccc5c(c4)OCO5)CC3)CC1)OCO2. The van der Waals surface area contributed by atoms with E-state index in [0.29, 0.717) is 13.6 Å². The first-order valence-corrected chi connectivity index (χ1v) is 13.9. The summed E-state index contributed by atoms with van der Waals surface area (Å²) in [7, 11) is 3.82. The number of piperazine rings is 2. The Morgan fingerprint density at radius 2 is 0.941 bits per heavy atom. The largest absolute Gasteiger partial charge is 0.454 e. The van der Waals surface area contributed by atoms with Crippen molar-refractivity contribution in [3.63, 3.8) is 0 Å². The Balaban J connectivity index is 0.889. The summed E-state index contributed by atoms with van der Waals surface area (Å²) in [5.74, 6) is 3.46. The molecule has 2 aromatic rings. The second-order valence-corrected chi connectivity index (χ2v) is 11.2. The molecule has 8 nitrogen and oxygen atoms in total. The Kier molecular flexibility index (Phi) is 6.94. The van der Waals surface area contributed by atoms with Gasteiger partial charge < -0.3 is 18.9 Å². The van der Waals surface area contributed by atoms with Crippen LogP contribution in [0.4, 0.5) is 0 Å². The molecule has 0 aromatic heterocycles. The van der Waals surface area contributed by atoms with Gasteiger partial charge in [-0.2, -0.15) is 0 Å². The first kappa shape index (κ1) is 22.6. The molecule has 0 N–H and O–H groups in total. The first-order chi connectivity index (χ1) is 16.8. The molecule has 0 atom stereocenters. The van der Waals surface area contributed by atoms with Crippen molar-refractivity contribution >= 4 is 22.0 Å². The van der Waals surface area contributed by atoms with Crippen LogP contribution in [0.25, 0.3) is 0 Å². The molecular weight excluding hydrogens is 472 g/mol. The van der Waals surface area contributed by atoms with E-state index < -0.39 is 0 Å². The molecule has 2 saturated heterocycles. The third kappa shape index (κ3) is 5.37. The van der Waals surface area contributed by atoms with Crippen LogP contribution < -0.4 is 18.9 Å². The number of ether oxygens (including phenoxy) is 4. The summed E-state index contributed by atoms with van der Waals surface area (Å²) in [6, 6.07) is 12.6. The molecular formula is C24H30N4O4S2. The van der Waals surface area contributed by atoms with Crippen LogP contribution in [0.1, 0.15) is 11.1 Å². The molecule has 0 radical (unpaired) electrons. The number of rotatable bonds is 7. The van der Waals surface area contributed by atoms with Gasteiger partial charge in [0.15, 0.2) is 23.0 Å². The molecule has 0 aliphatic carbocycles. The topological polar surface area (TPSA) is 49.9 Å². The summed E-state index contributed by atoms with van der Waals surface area (Å²) in [5.41, 5.74) is 2.58. The van der Waals surface area contributed by atoms with E-state index in [1.165, 1.54) is 11.1 Å². The molecule has 0 saturated carbocycles. The van der Waals surface area contributed by atoms with E-state index in [9.17, 15) is 0 Å². The minimum absolute atomic E-state index is 0.335. The minimum Gasteiger partial charge on any atom is -0.454 e. The van der Waals surface area contributed by atoms with E-state index in [-0.39, 0.29) is 0 Å².